The highest BCUT2D eigenvalue weighted by molar-refractivity contribution is 5.44. The van der Waals surface area contributed by atoms with Crippen LogP contribution < -0.4 is 10.2 Å². The first kappa shape index (κ1) is 12.0. The van der Waals surface area contributed by atoms with Crippen molar-refractivity contribution in [3.8, 4) is 0 Å². The molecule has 19 heavy (non-hydrogen) atoms. The fourth-order valence-electron chi connectivity index (χ4n) is 2.48. The van der Waals surface area contributed by atoms with Crippen LogP contribution in [0.25, 0.3) is 0 Å². The number of aryl methyl sites for hydroxylation is 1. The summed E-state index contributed by atoms with van der Waals surface area (Å²) in [6, 6.07) is 0.408. The molecule has 6 heteroatoms. The molecule has 1 unspecified atom stereocenters. The average Bonchev–Trinajstić information content (AvgIpc) is 2.87. The van der Waals surface area contributed by atoms with Gasteiger partial charge in [-0.05, 0) is 12.8 Å². The number of rotatable bonds is 3. The Bertz CT molecular complexity index is 523. The number of aromatic nitrogens is 4. The zero-order valence-corrected chi connectivity index (χ0v) is 11.0. The quantitative estimate of drug-likeness (QED) is 0.899. The number of hydrogen-bond acceptors (Lipinski definition) is 5. The van der Waals surface area contributed by atoms with E-state index >= 15 is 0 Å². The number of nitrogens with zero attached hydrogens (tertiary/aromatic N) is 5. The summed E-state index contributed by atoms with van der Waals surface area (Å²) in [4.78, 5) is 10.7. The topological polar surface area (TPSA) is 58.9 Å². The SMILES string of the molecule is Cn1cc(N2CCCC(Nc3cnccn3)C2)cn1. The van der Waals surface area contributed by atoms with E-state index in [0.29, 0.717) is 6.04 Å². The monoisotopic (exact) mass is 258 g/mol. The van der Waals surface area contributed by atoms with E-state index in [-0.39, 0.29) is 0 Å². The molecule has 1 N–H and O–H groups in total. The smallest absolute Gasteiger partial charge is 0.144 e. The molecule has 1 atom stereocenters. The Kier molecular flexibility index (Phi) is 3.31. The van der Waals surface area contributed by atoms with Crippen LogP contribution in [0.15, 0.2) is 31.0 Å². The lowest BCUT2D eigenvalue weighted by Crippen LogP contribution is -2.42. The third-order valence-corrected chi connectivity index (χ3v) is 3.39. The molecule has 1 fully saturated rings. The van der Waals surface area contributed by atoms with Gasteiger partial charge in [-0.2, -0.15) is 5.10 Å². The zero-order chi connectivity index (χ0) is 13.1. The van der Waals surface area contributed by atoms with Crippen LogP contribution in [-0.4, -0.2) is 38.9 Å². The van der Waals surface area contributed by atoms with Crippen LogP contribution in [0.3, 0.4) is 0 Å². The Morgan fingerprint density at radius 2 is 2.26 bits per heavy atom. The molecular weight excluding hydrogens is 240 g/mol. The van der Waals surface area contributed by atoms with Gasteiger partial charge in [-0.1, -0.05) is 0 Å². The van der Waals surface area contributed by atoms with Crippen molar-refractivity contribution in [2.24, 2.45) is 7.05 Å². The average molecular weight is 258 g/mol. The Balaban J connectivity index is 1.65. The molecule has 1 aliphatic rings. The molecule has 0 spiro atoms. The minimum atomic E-state index is 0.408. The van der Waals surface area contributed by atoms with Gasteiger partial charge >= 0.3 is 0 Å². The number of nitrogens with one attached hydrogen (secondary N) is 1. The first-order valence-electron chi connectivity index (χ1n) is 6.57. The highest BCUT2D eigenvalue weighted by Gasteiger charge is 2.21. The predicted octanol–water partition coefficient (Wildman–Crippen LogP) is 1.29. The van der Waals surface area contributed by atoms with Gasteiger partial charge < -0.3 is 10.2 Å². The Labute approximate surface area is 112 Å². The van der Waals surface area contributed by atoms with Gasteiger partial charge in [0.25, 0.3) is 0 Å². The van der Waals surface area contributed by atoms with E-state index in [1.807, 2.05) is 17.9 Å². The molecular formula is C13H18N6. The Morgan fingerprint density at radius 1 is 1.32 bits per heavy atom. The van der Waals surface area contributed by atoms with E-state index < -0.39 is 0 Å². The molecule has 0 aromatic carbocycles. The van der Waals surface area contributed by atoms with Gasteiger partial charge in [0.2, 0.25) is 0 Å². The van der Waals surface area contributed by atoms with E-state index in [1.165, 1.54) is 12.1 Å². The van der Waals surface area contributed by atoms with Crippen molar-refractivity contribution >= 4 is 11.5 Å². The van der Waals surface area contributed by atoms with Gasteiger partial charge in [0.1, 0.15) is 5.82 Å². The molecule has 2 aromatic heterocycles. The Hall–Kier alpha value is -2.11. The van der Waals surface area contributed by atoms with E-state index in [1.54, 1.807) is 18.6 Å². The van der Waals surface area contributed by atoms with Crippen LogP contribution in [0.2, 0.25) is 0 Å². The number of anilines is 2. The molecule has 3 heterocycles. The molecule has 1 aliphatic heterocycles. The Morgan fingerprint density at radius 3 is 3.00 bits per heavy atom. The van der Waals surface area contributed by atoms with Gasteiger partial charge in [-0.15, -0.1) is 0 Å². The predicted molar refractivity (Wildman–Crippen MR) is 74.1 cm³/mol. The van der Waals surface area contributed by atoms with Gasteiger partial charge in [-0.25, -0.2) is 4.98 Å². The molecule has 3 rings (SSSR count). The van der Waals surface area contributed by atoms with E-state index in [9.17, 15) is 0 Å². The summed E-state index contributed by atoms with van der Waals surface area (Å²) in [6.45, 7) is 2.06. The molecule has 0 bridgehead atoms. The third kappa shape index (κ3) is 2.83. The second kappa shape index (κ2) is 5.26. The second-order valence-electron chi connectivity index (χ2n) is 4.89. The molecule has 0 saturated carbocycles. The number of hydrogen-bond donors (Lipinski definition) is 1. The summed E-state index contributed by atoms with van der Waals surface area (Å²) < 4.78 is 1.84. The van der Waals surface area contributed by atoms with Crippen molar-refractivity contribution in [1.29, 1.82) is 0 Å². The normalized spacial score (nSPS) is 19.4. The number of piperidine rings is 1. The molecule has 0 radical (unpaired) electrons. The van der Waals surface area contributed by atoms with Gasteiger partial charge in [-0.3, -0.25) is 9.67 Å². The van der Waals surface area contributed by atoms with Crippen LogP contribution in [0.1, 0.15) is 12.8 Å². The lowest BCUT2D eigenvalue weighted by Gasteiger charge is -2.34. The zero-order valence-electron chi connectivity index (χ0n) is 11.0. The third-order valence-electron chi connectivity index (χ3n) is 3.39. The van der Waals surface area contributed by atoms with Crippen LogP contribution in [0.5, 0.6) is 0 Å². The molecule has 0 amide bonds. The summed E-state index contributed by atoms with van der Waals surface area (Å²) in [5, 5.41) is 7.68. The highest BCUT2D eigenvalue weighted by Crippen LogP contribution is 2.20. The fraction of sp³-hybridized carbons (Fsp3) is 0.462. The maximum atomic E-state index is 4.27. The van der Waals surface area contributed by atoms with Crippen molar-refractivity contribution in [1.82, 2.24) is 19.7 Å². The maximum Gasteiger partial charge on any atom is 0.144 e. The first-order valence-corrected chi connectivity index (χ1v) is 6.57. The van der Waals surface area contributed by atoms with Crippen molar-refractivity contribution in [3.05, 3.63) is 31.0 Å². The van der Waals surface area contributed by atoms with E-state index in [2.05, 4.69) is 31.5 Å². The second-order valence-corrected chi connectivity index (χ2v) is 4.89. The molecule has 6 nitrogen and oxygen atoms in total. The van der Waals surface area contributed by atoms with Gasteiger partial charge in [0, 0.05) is 44.8 Å². The molecule has 2 aromatic rings. The molecule has 0 aliphatic carbocycles. The summed E-state index contributed by atoms with van der Waals surface area (Å²) >= 11 is 0. The highest BCUT2D eigenvalue weighted by atomic mass is 15.3. The largest absolute Gasteiger partial charge is 0.367 e. The van der Waals surface area contributed by atoms with Crippen molar-refractivity contribution in [2.45, 2.75) is 18.9 Å². The van der Waals surface area contributed by atoms with Crippen LogP contribution in [-0.2, 0) is 7.05 Å². The lowest BCUT2D eigenvalue weighted by molar-refractivity contribution is 0.528. The van der Waals surface area contributed by atoms with Crippen molar-refractivity contribution in [2.75, 3.05) is 23.3 Å². The molecule has 100 valence electrons. The minimum absolute atomic E-state index is 0.408. The van der Waals surface area contributed by atoms with E-state index in [0.717, 1.165) is 25.3 Å². The maximum absolute atomic E-state index is 4.27. The summed E-state index contributed by atoms with van der Waals surface area (Å²) in [5.41, 5.74) is 1.19. The minimum Gasteiger partial charge on any atom is -0.367 e. The summed E-state index contributed by atoms with van der Waals surface area (Å²) in [7, 11) is 1.95. The lowest BCUT2D eigenvalue weighted by atomic mass is 10.1. The van der Waals surface area contributed by atoms with Crippen molar-refractivity contribution < 1.29 is 0 Å². The summed E-state index contributed by atoms with van der Waals surface area (Å²) in [5.74, 6) is 0.848. The van der Waals surface area contributed by atoms with Gasteiger partial charge in [0.05, 0.1) is 18.1 Å². The van der Waals surface area contributed by atoms with Crippen LogP contribution >= 0.6 is 0 Å². The standard InChI is InChI=1S/C13H18N6/c1-18-10-12(7-16-18)19-6-2-3-11(9-19)17-13-8-14-4-5-15-13/h4-5,7-8,10-11H,2-3,6,9H2,1H3,(H,15,17). The van der Waals surface area contributed by atoms with Crippen LogP contribution in [0, 0.1) is 0 Å². The first-order chi connectivity index (χ1) is 9.31. The summed E-state index contributed by atoms with van der Waals surface area (Å²) in [6.07, 6.45) is 11.5. The fourth-order valence-corrected chi connectivity index (χ4v) is 2.48. The molecule has 1 saturated heterocycles. The van der Waals surface area contributed by atoms with Gasteiger partial charge in [0.15, 0.2) is 0 Å². The van der Waals surface area contributed by atoms with E-state index in [4.69, 9.17) is 0 Å². The van der Waals surface area contributed by atoms with Crippen LogP contribution in [0.4, 0.5) is 11.5 Å². The van der Waals surface area contributed by atoms with Crippen molar-refractivity contribution in [3.63, 3.8) is 0 Å².